The maximum Gasteiger partial charge on any atom is 0.230 e. The minimum Gasteiger partial charge on any atom is -0.493 e. The van der Waals surface area contributed by atoms with Gasteiger partial charge in [-0.2, -0.15) is 0 Å². The van der Waals surface area contributed by atoms with Crippen LogP contribution in [0, 0.1) is 0 Å². The number of nitrogens with zero attached hydrogens (tertiary/aromatic N) is 2. The van der Waals surface area contributed by atoms with Gasteiger partial charge in [-0.3, -0.25) is 0 Å². The van der Waals surface area contributed by atoms with E-state index < -0.39 is 0 Å². The maximum atomic E-state index is 5.74. The Hall–Kier alpha value is -1.88. The second-order valence-electron chi connectivity index (χ2n) is 5.93. The van der Waals surface area contributed by atoms with Crippen LogP contribution in [-0.2, 0) is 6.54 Å². The standard InChI is InChI=1S/C16H19N3O2/c1-10(13-9-20-14-5-3-2-4-12(13)14)17-8-15-18-19-16(21-15)11-6-7-11/h2-5,10-11,13,17H,6-9H2,1H3/t10-,13+/m0/s1. The van der Waals surface area contributed by atoms with Gasteiger partial charge < -0.3 is 14.5 Å². The Morgan fingerprint density at radius 2 is 2.14 bits per heavy atom. The van der Waals surface area contributed by atoms with Crippen LogP contribution in [0.15, 0.2) is 28.7 Å². The second kappa shape index (κ2) is 5.15. The number of ether oxygens (including phenoxy) is 1. The summed E-state index contributed by atoms with van der Waals surface area (Å²) in [6.07, 6.45) is 2.36. The number of para-hydroxylation sites is 1. The molecule has 2 atom stereocenters. The molecule has 0 bridgehead atoms. The van der Waals surface area contributed by atoms with Gasteiger partial charge in [-0.15, -0.1) is 10.2 Å². The summed E-state index contributed by atoms with van der Waals surface area (Å²) in [4.78, 5) is 0. The molecule has 1 saturated carbocycles. The van der Waals surface area contributed by atoms with Gasteiger partial charge in [0.05, 0.1) is 13.2 Å². The zero-order valence-corrected chi connectivity index (χ0v) is 12.1. The summed E-state index contributed by atoms with van der Waals surface area (Å²) in [6, 6.07) is 8.54. The lowest BCUT2D eigenvalue weighted by atomic mass is 9.94. The third-order valence-corrected chi connectivity index (χ3v) is 4.32. The van der Waals surface area contributed by atoms with Gasteiger partial charge in [0, 0.05) is 23.4 Å². The molecule has 1 aromatic carbocycles. The molecular weight excluding hydrogens is 266 g/mol. The molecule has 2 aromatic rings. The van der Waals surface area contributed by atoms with Crippen molar-refractivity contribution in [2.45, 2.75) is 44.2 Å². The molecule has 0 saturated heterocycles. The fraction of sp³-hybridized carbons (Fsp3) is 0.500. The molecule has 0 unspecified atom stereocenters. The highest BCUT2D eigenvalue weighted by Gasteiger charge is 2.30. The number of aromatic nitrogens is 2. The number of benzene rings is 1. The highest BCUT2D eigenvalue weighted by atomic mass is 16.5. The van der Waals surface area contributed by atoms with E-state index in [0.29, 0.717) is 30.3 Å². The predicted octanol–water partition coefficient (Wildman–Crippen LogP) is 2.60. The minimum absolute atomic E-state index is 0.296. The van der Waals surface area contributed by atoms with E-state index in [1.807, 2.05) is 12.1 Å². The minimum atomic E-state index is 0.296. The zero-order chi connectivity index (χ0) is 14.2. The van der Waals surface area contributed by atoms with Crippen molar-refractivity contribution in [1.82, 2.24) is 15.5 Å². The smallest absolute Gasteiger partial charge is 0.230 e. The van der Waals surface area contributed by atoms with E-state index in [2.05, 4.69) is 34.6 Å². The highest BCUT2D eigenvalue weighted by molar-refractivity contribution is 5.40. The normalized spacial score (nSPS) is 21.9. The summed E-state index contributed by atoms with van der Waals surface area (Å²) < 4.78 is 11.4. The number of nitrogens with one attached hydrogen (secondary N) is 1. The molecule has 0 spiro atoms. The average Bonchev–Trinajstić information content (AvgIpc) is 3.10. The van der Waals surface area contributed by atoms with Crippen molar-refractivity contribution < 1.29 is 9.15 Å². The maximum absolute atomic E-state index is 5.74. The monoisotopic (exact) mass is 285 g/mol. The molecular formula is C16H19N3O2. The molecule has 1 aliphatic carbocycles. The van der Waals surface area contributed by atoms with Gasteiger partial charge in [-0.1, -0.05) is 18.2 Å². The van der Waals surface area contributed by atoms with Crippen LogP contribution in [0.4, 0.5) is 0 Å². The summed E-state index contributed by atoms with van der Waals surface area (Å²) in [5.74, 6) is 3.36. The average molecular weight is 285 g/mol. The van der Waals surface area contributed by atoms with Crippen molar-refractivity contribution in [2.75, 3.05) is 6.61 Å². The molecule has 5 nitrogen and oxygen atoms in total. The fourth-order valence-corrected chi connectivity index (χ4v) is 2.83. The Bertz CT molecular complexity index is 636. The van der Waals surface area contributed by atoms with Gasteiger partial charge in [0.1, 0.15) is 5.75 Å². The Kier molecular flexibility index (Phi) is 3.15. The van der Waals surface area contributed by atoms with Crippen LogP contribution >= 0.6 is 0 Å². The van der Waals surface area contributed by atoms with Gasteiger partial charge in [0.2, 0.25) is 11.8 Å². The number of hydrogen-bond donors (Lipinski definition) is 1. The molecule has 1 N–H and O–H groups in total. The third-order valence-electron chi connectivity index (χ3n) is 4.32. The molecule has 0 radical (unpaired) electrons. The number of hydrogen-bond acceptors (Lipinski definition) is 5. The number of fused-ring (bicyclic) bond motifs is 1. The Balaban J connectivity index is 1.38. The van der Waals surface area contributed by atoms with Gasteiger partial charge in [0.15, 0.2) is 0 Å². The van der Waals surface area contributed by atoms with Gasteiger partial charge in [-0.25, -0.2) is 0 Å². The lowest BCUT2D eigenvalue weighted by Crippen LogP contribution is -2.32. The van der Waals surface area contributed by atoms with E-state index in [0.717, 1.165) is 18.2 Å². The molecule has 5 heteroatoms. The lowest BCUT2D eigenvalue weighted by molar-refractivity contribution is 0.299. The Morgan fingerprint density at radius 1 is 1.29 bits per heavy atom. The molecule has 4 rings (SSSR count). The van der Waals surface area contributed by atoms with Gasteiger partial charge in [-0.05, 0) is 25.8 Å². The fourth-order valence-electron chi connectivity index (χ4n) is 2.83. The number of rotatable bonds is 5. The van der Waals surface area contributed by atoms with Crippen molar-refractivity contribution >= 4 is 0 Å². The van der Waals surface area contributed by atoms with Crippen LogP contribution in [-0.4, -0.2) is 22.8 Å². The first kappa shape index (κ1) is 12.8. The van der Waals surface area contributed by atoms with E-state index in [1.54, 1.807) is 0 Å². The van der Waals surface area contributed by atoms with E-state index in [1.165, 1.54) is 18.4 Å². The van der Waals surface area contributed by atoms with Crippen molar-refractivity contribution in [2.24, 2.45) is 0 Å². The van der Waals surface area contributed by atoms with Crippen molar-refractivity contribution in [1.29, 1.82) is 0 Å². The summed E-state index contributed by atoms with van der Waals surface area (Å²) in [5.41, 5.74) is 1.28. The zero-order valence-electron chi connectivity index (χ0n) is 12.1. The molecule has 2 heterocycles. The van der Waals surface area contributed by atoms with Crippen LogP contribution in [0.2, 0.25) is 0 Å². The van der Waals surface area contributed by atoms with Crippen LogP contribution in [0.3, 0.4) is 0 Å². The Labute approximate surface area is 123 Å². The molecule has 1 aliphatic heterocycles. The third kappa shape index (κ3) is 2.53. The Morgan fingerprint density at radius 3 is 3.00 bits per heavy atom. The highest BCUT2D eigenvalue weighted by Crippen LogP contribution is 2.39. The summed E-state index contributed by atoms with van der Waals surface area (Å²) >= 11 is 0. The summed E-state index contributed by atoms with van der Waals surface area (Å²) in [5, 5.41) is 11.7. The van der Waals surface area contributed by atoms with E-state index in [-0.39, 0.29) is 0 Å². The second-order valence-corrected chi connectivity index (χ2v) is 5.93. The van der Waals surface area contributed by atoms with Crippen LogP contribution in [0.1, 0.15) is 48.9 Å². The SMILES string of the molecule is C[C@H](NCc1nnc(C2CC2)o1)[C@H]1COc2ccccc21. The summed E-state index contributed by atoms with van der Waals surface area (Å²) in [6.45, 7) is 3.51. The first-order valence-electron chi connectivity index (χ1n) is 7.58. The largest absolute Gasteiger partial charge is 0.493 e. The van der Waals surface area contributed by atoms with Crippen molar-refractivity contribution in [3.63, 3.8) is 0 Å². The van der Waals surface area contributed by atoms with E-state index >= 15 is 0 Å². The molecule has 2 aliphatic rings. The van der Waals surface area contributed by atoms with Crippen LogP contribution < -0.4 is 10.1 Å². The van der Waals surface area contributed by atoms with Crippen LogP contribution in [0.25, 0.3) is 0 Å². The lowest BCUT2D eigenvalue weighted by Gasteiger charge is -2.18. The predicted molar refractivity (Wildman–Crippen MR) is 77.3 cm³/mol. The summed E-state index contributed by atoms with van der Waals surface area (Å²) in [7, 11) is 0. The van der Waals surface area contributed by atoms with Crippen molar-refractivity contribution in [3.05, 3.63) is 41.6 Å². The molecule has 1 fully saturated rings. The van der Waals surface area contributed by atoms with E-state index in [4.69, 9.17) is 9.15 Å². The van der Waals surface area contributed by atoms with Crippen LogP contribution in [0.5, 0.6) is 5.75 Å². The van der Waals surface area contributed by atoms with Gasteiger partial charge in [0.25, 0.3) is 0 Å². The first-order chi connectivity index (χ1) is 10.3. The molecule has 1 aromatic heterocycles. The topological polar surface area (TPSA) is 60.2 Å². The molecule has 110 valence electrons. The quantitative estimate of drug-likeness (QED) is 0.915. The molecule has 21 heavy (non-hydrogen) atoms. The van der Waals surface area contributed by atoms with Crippen molar-refractivity contribution in [3.8, 4) is 5.75 Å². The van der Waals surface area contributed by atoms with E-state index in [9.17, 15) is 0 Å². The first-order valence-corrected chi connectivity index (χ1v) is 7.58. The molecule has 0 amide bonds. The van der Waals surface area contributed by atoms with Gasteiger partial charge >= 0.3 is 0 Å².